The molecule has 20 heavy (non-hydrogen) atoms. The first kappa shape index (κ1) is 13.6. The molecule has 106 valence electrons. The minimum Gasteiger partial charge on any atom is -0.329 e. The Morgan fingerprint density at radius 2 is 2.45 bits per heavy atom. The third kappa shape index (κ3) is 2.25. The molecule has 0 radical (unpaired) electrons. The van der Waals surface area contributed by atoms with Gasteiger partial charge in [0.15, 0.2) is 0 Å². The minimum absolute atomic E-state index is 0.00903. The number of halogens is 1. The summed E-state index contributed by atoms with van der Waals surface area (Å²) in [6, 6.07) is 4.31. The molecule has 2 aromatic rings. The van der Waals surface area contributed by atoms with E-state index >= 15 is 0 Å². The van der Waals surface area contributed by atoms with Crippen molar-refractivity contribution in [1.82, 2.24) is 14.7 Å². The molecular weight excluding hydrogens is 294 g/mol. The van der Waals surface area contributed by atoms with Crippen LogP contribution in [-0.4, -0.2) is 27.1 Å². The third-order valence-electron chi connectivity index (χ3n) is 3.68. The zero-order valence-electron chi connectivity index (χ0n) is 11.3. The number of likely N-dealkylation sites (tertiary alicyclic amines) is 1. The van der Waals surface area contributed by atoms with Crippen LogP contribution in [0, 0.1) is 0 Å². The van der Waals surface area contributed by atoms with E-state index < -0.39 is 0 Å². The van der Waals surface area contributed by atoms with Crippen molar-refractivity contribution in [2.24, 2.45) is 0 Å². The van der Waals surface area contributed by atoms with Gasteiger partial charge in [-0.1, -0.05) is 17.7 Å². The maximum Gasteiger partial charge on any atom is 0.274 e. The molecule has 1 fully saturated rings. The van der Waals surface area contributed by atoms with Gasteiger partial charge in [-0.05, 0) is 31.2 Å². The van der Waals surface area contributed by atoms with Crippen LogP contribution in [-0.2, 0) is 6.54 Å². The Morgan fingerprint density at radius 1 is 1.60 bits per heavy atom. The van der Waals surface area contributed by atoms with Crippen molar-refractivity contribution in [2.75, 3.05) is 6.54 Å². The SMILES string of the molecule is CCn1ncc(Cl)c1C(=O)N1CCCC1c1cccs1. The second kappa shape index (κ2) is 5.58. The molecule has 1 unspecified atom stereocenters. The maximum atomic E-state index is 12.8. The molecule has 1 amide bonds. The van der Waals surface area contributed by atoms with Crippen molar-refractivity contribution < 1.29 is 4.79 Å². The lowest BCUT2D eigenvalue weighted by Gasteiger charge is -2.24. The smallest absolute Gasteiger partial charge is 0.274 e. The van der Waals surface area contributed by atoms with E-state index in [9.17, 15) is 4.79 Å². The van der Waals surface area contributed by atoms with E-state index in [1.54, 1.807) is 22.2 Å². The maximum absolute atomic E-state index is 12.8. The number of nitrogens with zero attached hydrogens (tertiary/aromatic N) is 3. The quantitative estimate of drug-likeness (QED) is 0.869. The van der Waals surface area contributed by atoms with Crippen LogP contribution in [0.15, 0.2) is 23.7 Å². The number of thiophene rings is 1. The zero-order chi connectivity index (χ0) is 14.1. The monoisotopic (exact) mass is 309 g/mol. The van der Waals surface area contributed by atoms with Crippen LogP contribution < -0.4 is 0 Å². The van der Waals surface area contributed by atoms with Crippen molar-refractivity contribution in [1.29, 1.82) is 0 Å². The number of hydrogen-bond donors (Lipinski definition) is 0. The summed E-state index contributed by atoms with van der Waals surface area (Å²) < 4.78 is 1.68. The molecule has 4 nitrogen and oxygen atoms in total. The summed E-state index contributed by atoms with van der Waals surface area (Å²) in [4.78, 5) is 16.0. The van der Waals surface area contributed by atoms with Gasteiger partial charge in [0.1, 0.15) is 5.69 Å². The van der Waals surface area contributed by atoms with E-state index in [1.165, 1.54) is 4.88 Å². The van der Waals surface area contributed by atoms with E-state index in [4.69, 9.17) is 11.6 Å². The average molecular weight is 310 g/mol. The molecule has 0 spiro atoms. The van der Waals surface area contributed by atoms with Crippen LogP contribution in [0.4, 0.5) is 0 Å². The molecule has 0 aromatic carbocycles. The highest BCUT2D eigenvalue weighted by atomic mass is 35.5. The lowest BCUT2D eigenvalue weighted by atomic mass is 10.2. The Morgan fingerprint density at radius 3 is 3.15 bits per heavy atom. The summed E-state index contributed by atoms with van der Waals surface area (Å²) >= 11 is 7.84. The van der Waals surface area contributed by atoms with Crippen LogP contribution >= 0.6 is 22.9 Å². The van der Waals surface area contributed by atoms with E-state index in [0.29, 0.717) is 17.3 Å². The predicted octanol–water partition coefficient (Wildman–Crippen LogP) is 3.60. The Kier molecular flexibility index (Phi) is 3.81. The largest absolute Gasteiger partial charge is 0.329 e. The Balaban J connectivity index is 1.91. The van der Waals surface area contributed by atoms with E-state index in [0.717, 1.165) is 19.4 Å². The number of rotatable bonds is 3. The predicted molar refractivity (Wildman–Crippen MR) is 80.2 cm³/mol. The fourth-order valence-electron chi connectivity index (χ4n) is 2.74. The van der Waals surface area contributed by atoms with Gasteiger partial charge in [0, 0.05) is 18.0 Å². The van der Waals surface area contributed by atoms with Crippen LogP contribution in [0.3, 0.4) is 0 Å². The third-order valence-corrected chi connectivity index (χ3v) is 4.93. The first-order chi connectivity index (χ1) is 9.72. The summed E-state index contributed by atoms with van der Waals surface area (Å²) in [5.74, 6) is -0.00903. The van der Waals surface area contributed by atoms with E-state index in [1.807, 2.05) is 17.9 Å². The highest BCUT2D eigenvalue weighted by molar-refractivity contribution is 7.10. The minimum atomic E-state index is -0.00903. The summed E-state index contributed by atoms with van der Waals surface area (Å²) in [5, 5.41) is 6.65. The first-order valence-electron chi connectivity index (χ1n) is 6.78. The lowest BCUT2D eigenvalue weighted by Crippen LogP contribution is -2.32. The molecule has 1 aliphatic rings. The van der Waals surface area contributed by atoms with Crippen LogP contribution in [0.1, 0.15) is 41.2 Å². The van der Waals surface area contributed by atoms with Crippen molar-refractivity contribution in [2.45, 2.75) is 32.4 Å². The number of hydrogen-bond acceptors (Lipinski definition) is 3. The molecule has 1 saturated heterocycles. The standard InChI is InChI=1S/C14H16ClN3OS/c1-2-18-13(10(15)9-16-18)14(19)17-7-3-5-11(17)12-6-4-8-20-12/h4,6,8-9,11H,2-3,5,7H2,1H3. The molecule has 0 aliphatic carbocycles. The number of amides is 1. The van der Waals surface area contributed by atoms with E-state index in [-0.39, 0.29) is 11.9 Å². The van der Waals surface area contributed by atoms with Crippen LogP contribution in [0.25, 0.3) is 0 Å². The Labute approximate surface area is 127 Å². The highest BCUT2D eigenvalue weighted by Crippen LogP contribution is 2.36. The number of aromatic nitrogens is 2. The molecule has 0 saturated carbocycles. The van der Waals surface area contributed by atoms with Crippen LogP contribution in [0.5, 0.6) is 0 Å². The molecule has 1 atom stereocenters. The fraction of sp³-hybridized carbons (Fsp3) is 0.429. The second-order valence-electron chi connectivity index (χ2n) is 4.83. The molecule has 0 N–H and O–H groups in total. The van der Waals surface area contributed by atoms with Gasteiger partial charge in [0.25, 0.3) is 5.91 Å². The Bertz CT molecular complexity index is 608. The van der Waals surface area contributed by atoms with Gasteiger partial charge in [-0.2, -0.15) is 5.10 Å². The van der Waals surface area contributed by atoms with Crippen molar-refractivity contribution in [3.05, 3.63) is 39.3 Å². The lowest BCUT2D eigenvalue weighted by molar-refractivity contribution is 0.0725. The molecule has 1 aliphatic heterocycles. The molecule has 2 aromatic heterocycles. The second-order valence-corrected chi connectivity index (χ2v) is 6.22. The molecule has 6 heteroatoms. The van der Waals surface area contributed by atoms with Crippen molar-refractivity contribution in [3.63, 3.8) is 0 Å². The van der Waals surface area contributed by atoms with Gasteiger partial charge in [-0.15, -0.1) is 11.3 Å². The van der Waals surface area contributed by atoms with Crippen molar-refractivity contribution in [3.8, 4) is 0 Å². The molecular formula is C14H16ClN3OS. The summed E-state index contributed by atoms with van der Waals surface area (Å²) in [6.45, 7) is 3.39. The Hall–Kier alpha value is -1.33. The topological polar surface area (TPSA) is 38.1 Å². The van der Waals surface area contributed by atoms with Gasteiger partial charge < -0.3 is 4.90 Å². The zero-order valence-corrected chi connectivity index (χ0v) is 12.8. The van der Waals surface area contributed by atoms with E-state index in [2.05, 4.69) is 16.5 Å². The van der Waals surface area contributed by atoms with Gasteiger partial charge in [0.05, 0.1) is 17.3 Å². The fourth-order valence-corrected chi connectivity index (χ4v) is 3.83. The summed E-state index contributed by atoms with van der Waals surface area (Å²) in [5.41, 5.74) is 0.512. The number of carbonyl (C=O) groups is 1. The summed E-state index contributed by atoms with van der Waals surface area (Å²) in [7, 11) is 0. The number of carbonyl (C=O) groups excluding carboxylic acids is 1. The highest BCUT2D eigenvalue weighted by Gasteiger charge is 2.33. The van der Waals surface area contributed by atoms with Gasteiger partial charge in [-0.3, -0.25) is 9.48 Å². The van der Waals surface area contributed by atoms with Crippen molar-refractivity contribution >= 4 is 28.8 Å². The molecule has 3 heterocycles. The normalized spacial score (nSPS) is 18.7. The van der Waals surface area contributed by atoms with Gasteiger partial charge >= 0.3 is 0 Å². The average Bonchev–Trinajstić information content (AvgIpc) is 3.17. The molecule has 3 rings (SSSR count). The van der Waals surface area contributed by atoms with Crippen LogP contribution in [0.2, 0.25) is 5.02 Å². The van der Waals surface area contributed by atoms with Gasteiger partial charge in [-0.25, -0.2) is 0 Å². The molecule has 0 bridgehead atoms. The summed E-state index contributed by atoms with van der Waals surface area (Å²) in [6.07, 6.45) is 3.60. The number of aryl methyl sites for hydroxylation is 1. The first-order valence-corrected chi connectivity index (χ1v) is 8.03. The van der Waals surface area contributed by atoms with Gasteiger partial charge in [0.2, 0.25) is 0 Å².